The smallest absolute Gasteiger partial charge is 0.318 e. The minimum absolute atomic E-state index is 0.0235. The van der Waals surface area contributed by atoms with Crippen molar-refractivity contribution in [2.45, 2.75) is 24.3 Å². The summed E-state index contributed by atoms with van der Waals surface area (Å²) >= 11 is 1.26. The molecule has 0 bridgehead atoms. The van der Waals surface area contributed by atoms with Crippen LogP contribution < -0.4 is 5.43 Å². The zero-order chi connectivity index (χ0) is 10.3. The summed E-state index contributed by atoms with van der Waals surface area (Å²) in [7, 11) is 0. The molecule has 78 valence electrons. The SMILES string of the molecule is CC1CSc2nnc(C(F)(F)F)n2N1. The molecule has 1 N–H and O–H groups in total. The van der Waals surface area contributed by atoms with Crippen LogP contribution in [0.3, 0.4) is 0 Å². The van der Waals surface area contributed by atoms with Crippen molar-refractivity contribution in [3.05, 3.63) is 5.82 Å². The van der Waals surface area contributed by atoms with Crippen LogP contribution >= 0.6 is 11.8 Å². The number of aromatic nitrogens is 3. The molecule has 0 spiro atoms. The van der Waals surface area contributed by atoms with Crippen molar-refractivity contribution < 1.29 is 13.2 Å². The maximum atomic E-state index is 12.4. The molecule has 8 heteroatoms. The molecule has 0 fully saturated rings. The van der Waals surface area contributed by atoms with Crippen LogP contribution in [0.5, 0.6) is 0 Å². The molecular weight excluding hydrogens is 217 g/mol. The fraction of sp³-hybridized carbons (Fsp3) is 0.667. The van der Waals surface area contributed by atoms with Gasteiger partial charge in [-0.25, -0.2) is 4.68 Å². The standard InChI is InChI=1S/C6H7F3N4S/c1-3-2-14-5-11-10-4(6(7,8)9)13(5)12-3/h3,12H,2H2,1H3. The van der Waals surface area contributed by atoms with Crippen molar-refractivity contribution in [2.75, 3.05) is 11.2 Å². The van der Waals surface area contributed by atoms with Gasteiger partial charge in [-0.3, -0.25) is 0 Å². The van der Waals surface area contributed by atoms with Gasteiger partial charge in [0.25, 0.3) is 5.82 Å². The van der Waals surface area contributed by atoms with Crippen LogP contribution in [0.25, 0.3) is 0 Å². The highest BCUT2D eigenvalue weighted by molar-refractivity contribution is 7.99. The number of thioether (sulfide) groups is 1. The third kappa shape index (κ3) is 1.54. The Morgan fingerprint density at radius 1 is 1.50 bits per heavy atom. The first kappa shape index (κ1) is 9.63. The van der Waals surface area contributed by atoms with Gasteiger partial charge in [0.15, 0.2) is 0 Å². The molecule has 0 saturated heterocycles. The summed E-state index contributed by atoms with van der Waals surface area (Å²) in [4.78, 5) is 0. The van der Waals surface area contributed by atoms with Gasteiger partial charge < -0.3 is 5.43 Å². The first-order valence-electron chi connectivity index (χ1n) is 3.90. The summed E-state index contributed by atoms with van der Waals surface area (Å²) in [6, 6.07) is -0.0235. The van der Waals surface area contributed by atoms with E-state index in [9.17, 15) is 13.2 Å². The maximum absolute atomic E-state index is 12.4. The zero-order valence-electron chi connectivity index (χ0n) is 7.17. The second-order valence-electron chi connectivity index (χ2n) is 2.98. The van der Waals surface area contributed by atoms with Crippen molar-refractivity contribution in [2.24, 2.45) is 0 Å². The van der Waals surface area contributed by atoms with Crippen LogP contribution in [-0.2, 0) is 6.18 Å². The second kappa shape index (κ2) is 3.04. The van der Waals surface area contributed by atoms with Crippen LogP contribution in [0.15, 0.2) is 5.16 Å². The van der Waals surface area contributed by atoms with Gasteiger partial charge in [-0.1, -0.05) is 11.8 Å². The molecule has 0 aromatic carbocycles. The number of rotatable bonds is 0. The van der Waals surface area contributed by atoms with E-state index < -0.39 is 12.0 Å². The van der Waals surface area contributed by atoms with E-state index in [0.717, 1.165) is 4.68 Å². The highest BCUT2D eigenvalue weighted by atomic mass is 32.2. The summed E-state index contributed by atoms with van der Waals surface area (Å²) in [5.74, 6) is -0.303. The number of halogens is 3. The Morgan fingerprint density at radius 2 is 2.21 bits per heavy atom. The molecule has 1 aliphatic heterocycles. The average molecular weight is 224 g/mol. The quantitative estimate of drug-likeness (QED) is 0.722. The maximum Gasteiger partial charge on any atom is 0.453 e. The molecule has 0 saturated carbocycles. The number of fused-ring (bicyclic) bond motifs is 1. The van der Waals surface area contributed by atoms with Crippen LogP contribution in [0.2, 0.25) is 0 Å². The van der Waals surface area contributed by atoms with E-state index in [1.165, 1.54) is 11.8 Å². The molecule has 2 heterocycles. The first-order chi connectivity index (χ1) is 6.48. The molecule has 1 unspecified atom stereocenters. The topological polar surface area (TPSA) is 42.7 Å². The second-order valence-corrected chi connectivity index (χ2v) is 3.97. The Balaban J connectivity index is 2.41. The van der Waals surface area contributed by atoms with Gasteiger partial charge in [0.05, 0.1) is 0 Å². The van der Waals surface area contributed by atoms with Crippen LogP contribution in [0.4, 0.5) is 13.2 Å². The Labute approximate surface area is 81.9 Å². The molecule has 4 nitrogen and oxygen atoms in total. The number of hydrogen-bond donors (Lipinski definition) is 1. The van der Waals surface area contributed by atoms with E-state index in [0.29, 0.717) is 5.75 Å². The van der Waals surface area contributed by atoms with Crippen molar-refractivity contribution in [3.63, 3.8) is 0 Å². The minimum atomic E-state index is -4.46. The fourth-order valence-corrected chi connectivity index (χ4v) is 1.96. The Hall–Kier alpha value is -0.920. The van der Waals surface area contributed by atoms with E-state index >= 15 is 0 Å². The lowest BCUT2D eigenvalue weighted by molar-refractivity contribution is -0.147. The minimum Gasteiger partial charge on any atom is -0.318 e. The first-order valence-corrected chi connectivity index (χ1v) is 4.89. The lowest BCUT2D eigenvalue weighted by Gasteiger charge is -2.23. The number of nitrogens with zero attached hydrogens (tertiary/aromatic N) is 3. The molecule has 0 radical (unpaired) electrons. The van der Waals surface area contributed by atoms with Gasteiger partial charge in [-0.15, -0.1) is 10.2 Å². The van der Waals surface area contributed by atoms with Gasteiger partial charge in [-0.2, -0.15) is 13.2 Å². The Bertz CT molecular complexity index is 347. The molecular formula is C6H7F3N4S. The molecule has 1 atom stereocenters. The number of hydrogen-bond acceptors (Lipinski definition) is 4. The molecule has 1 aromatic heterocycles. The molecule has 2 rings (SSSR count). The van der Waals surface area contributed by atoms with E-state index in [1.54, 1.807) is 6.92 Å². The lowest BCUT2D eigenvalue weighted by Crippen LogP contribution is -2.34. The highest BCUT2D eigenvalue weighted by Gasteiger charge is 2.40. The number of alkyl halides is 3. The van der Waals surface area contributed by atoms with Crippen molar-refractivity contribution >= 4 is 11.8 Å². The number of nitrogens with one attached hydrogen (secondary N) is 1. The van der Waals surface area contributed by atoms with E-state index in [-0.39, 0.29) is 11.2 Å². The normalized spacial score (nSPS) is 21.6. The molecule has 1 aromatic rings. The van der Waals surface area contributed by atoms with Gasteiger partial charge in [0.1, 0.15) is 0 Å². The Morgan fingerprint density at radius 3 is 2.86 bits per heavy atom. The average Bonchev–Trinajstić information content (AvgIpc) is 2.45. The van der Waals surface area contributed by atoms with Crippen molar-refractivity contribution in [3.8, 4) is 0 Å². The monoisotopic (exact) mass is 224 g/mol. The van der Waals surface area contributed by atoms with Gasteiger partial charge in [0, 0.05) is 11.8 Å². The summed E-state index contributed by atoms with van der Waals surface area (Å²) in [5, 5.41) is 6.82. The van der Waals surface area contributed by atoms with Crippen LogP contribution in [0.1, 0.15) is 12.7 Å². The summed E-state index contributed by atoms with van der Waals surface area (Å²) in [6.07, 6.45) is -4.46. The lowest BCUT2D eigenvalue weighted by atomic mass is 10.4. The van der Waals surface area contributed by atoms with Gasteiger partial charge in [0.2, 0.25) is 5.16 Å². The molecule has 14 heavy (non-hydrogen) atoms. The van der Waals surface area contributed by atoms with Gasteiger partial charge in [-0.05, 0) is 6.92 Å². The predicted molar refractivity (Wildman–Crippen MR) is 44.6 cm³/mol. The van der Waals surface area contributed by atoms with Crippen molar-refractivity contribution in [1.29, 1.82) is 0 Å². The Kier molecular flexibility index (Phi) is 2.09. The molecule has 0 amide bonds. The van der Waals surface area contributed by atoms with E-state index in [1.807, 2.05) is 0 Å². The van der Waals surface area contributed by atoms with E-state index in [2.05, 4.69) is 15.6 Å². The zero-order valence-corrected chi connectivity index (χ0v) is 7.98. The van der Waals surface area contributed by atoms with Gasteiger partial charge >= 0.3 is 6.18 Å². The molecule has 0 aliphatic carbocycles. The van der Waals surface area contributed by atoms with E-state index in [4.69, 9.17) is 0 Å². The van der Waals surface area contributed by atoms with Crippen LogP contribution in [0, 0.1) is 0 Å². The third-order valence-corrected chi connectivity index (χ3v) is 2.89. The summed E-state index contributed by atoms with van der Waals surface area (Å²) in [6.45, 7) is 1.80. The highest BCUT2D eigenvalue weighted by Crippen LogP contribution is 2.31. The summed E-state index contributed by atoms with van der Waals surface area (Å²) in [5.41, 5.74) is 2.67. The largest absolute Gasteiger partial charge is 0.453 e. The third-order valence-electron chi connectivity index (χ3n) is 1.70. The van der Waals surface area contributed by atoms with Crippen molar-refractivity contribution in [1.82, 2.24) is 14.9 Å². The molecule has 1 aliphatic rings. The fourth-order valence-electron chi connectivity index (χ4n) is 1.12. The van der Waals surface area contributed by atoms with Crippen LogP contribution in [-0.4, -0.2) is 26.7 Å². The predicted octanol–water partition coefficient (Wildman–Crippen LogP) is 1.33. The summed E-state index contributed by atoms with van der Waals surface area (Å²) < 4.78 is 38.0.